The van der Waals surface area contributed by atoms with Gasteiger partial charge < -0.3 is 10.6 Å². The van der Waals surface area contributed by atoms with E-state index < -0.39 is 0 Å². The smallest absolute Gasteiger partial charge is 0.235 e. The van der Waals surface area contributed by atoms with Gasteiger partial charge in [-0.25, -0.2) is 0 Å². The van der Waals surface area contributed by atoms with E-state index in [1.165, 1.54) is 0 Å². The van der Waals surface area contributed by atoms with Crippen molar-refractivity contribution < 1.29 is 4.79 Å². The molecule has 116 valence electrons. The summed E-state index contributed by atoms with van der Waals surface area (Å²) in [4.78, 5) is 15.7. The number of amides is 1. The van der Waals surface area contributed by atoms with Crippen LogP contribution in [-0.2, 0) is 4.79 Å². The van der Waals surface area contributed by atoms with Crippen LogP contribution >= 0.6 is 27.7 Å². The Bertz CT molecular complexity index is 504. The van der Waals surface area contributed by atoms with E-state index in [2.05, 4.69) is 29.8 Å². The molecule has 1 aromatic carbocycles. The van der Waals surface area contributed by atoms with Gasteiger partial charge in [0.1, 0.15) is 0 Å². The van der Waals surface area contributed by atoms with Crippen molar-refractivity contribution in [2.24, 2.45) is 11.1 Å². The van der Waals surface area contributed by atoms with E-state index in [1.54, 1.807) is 11.8 Å². The molecule has 2 atom stereocenters. The summed E-state index contributed by atoms with van der Waals surface area (Å²) in [6, 6.07) is 8.25. The van der Waals surface area contributed by atoms with E-state index in [9.17, 15) is 4.79 Å². The van der Waals surface area contributed by atoms with Crippen LogP contribution in [-0.4, -0.2) is 35.2 Å². The molecule has 1 saturated heterocycles. The molecule has 0 bridgehead atoms. The van der Waals surface area contributed by atoms with Crippen molar-refractivity contribution in [2.75, 3.05) is 13.1 Å². The highest BCUT2D eigenvalue weighted by Crippen LogP contribution is 2.31. The molecule has 1 amide bonds. The van der Waals surface area contributed by atoms with E-state index in [0.717, 1.165) is 28.9 Å². The lowest BCUT2D eigenvalue weighted by Gasteiger charge is -2.43. The van der Waals surface area contributed by atoms with Gasteiger partial charge in [-0.05, 0) is 43.0 Å². The number of nitrogens with two attached hydrogens (primary N) is 1. The van der Waals surface area contributed by atoms with Gasteiger partial charge in [-0.2, -0.15) is 0 Å². The lowest BCUT2D eigenvalue weighted by Crippen LogP contribution is -2.55. The fraction of sp³-hybridized carbons (Fsp3) is 0.562. The molecular weight excluding hydrogens is 348 g/mol. The lowest BCUT2D eigenvalue weighted by atomic mass is 9.79. The van der Waals surface area contributed by atoms with Crippen molar-refractivity contribution in [2.45, 2.75) is 43.4 Å². The first-order valence-electron chi connectivity index (χ1n) is 7.26. The first kappa shape index (κ1) is 16.8. The maximum absolute atomic E-state index is 12.6. The molecule has 1 aliphatic heterocycles. The van der Waals surface area contributed by atoms with Crippen LogP contribution in [0, 0.1) is 5.41 Å². The zero-order chi connectivity index (χ0) is 15.6. The van der Waals surface area contributed by atoms with Crippen molar-refractivity contribution in [3.05, 3.63) is 28.7 Å². The standard InChI is InChI=1S/C16H23BrN2OS/c1-11(21-13-6-4-12(17)5-7-13)15(20)19-9-8-14(18)16(2,3)10-19/h4-7,11,14H,8-10,18H2,1-3H3. The van der Waals surface area contributed by atoms with Gasteiger partial charge >= 0.3 is 0 Å². The Morgan fingerprint density at radius 3 is 2.62 bits per heavy atom. The van der Waals surface area contributed by atoms with Gasteiger partial charge in [-0.15, -0.1) is 11.8 Å². The molecule has 1 fully saturated rings. The third kappa shape index (κ3) is 4.24. The molecule has 1 aromatic rings. The molecule has 0 spiro atoms. The van der Waals surface area contributed by atoms with E-state index in [-0.39, 0.29) is 22.6 Å². The van der Waals surface area contributed by atoms with Crippen LogP contribution in [0.4, 0.5) is 0 Å². The normalized spacial score (nSPS) is 22.9. The summed E-state index contributed by atoms with van der Waals surface area (Å²) in [7, 11) is 0. The Morgan fingerprint density at radius 1 is 1.43 bits per heavy atom. The van der Waals surface area contributed by atoms with Gasteiger partial charge in [0.2, 0.25) is 5.91 Å². The predicted molar refractivity (Wildman–Crippen MR) is 92.4 cm³/mol. The number of hydrogen-bond acceptors (Lipinski definition) is 3. The Hall–Kier alpha value is -0.520. The number of likely N-dealkylation sites (tertiary alicyclic amines) is 1. The minimum atomic E-state index is -0.0729. The number of nitrogens with zero attached hydrogens (tertiary/aromatic N) is 1. The van der Waals surface area contributed by atoms with Crippen molar-refractivity contribution in [3.8, 4) is 0 Å². The van der Waals surface area contributed by atoms with Crippen molar-refractivity contribution in [1.82, 2.24) is 4.90 Å². The fourth-order valence-electron chi connectivity index (χ4n) is 2.59. The number of benzene rings is 1. The van der Waals surface area contributed by atoms with Crippen molar-refractivity contribution >= 4 is 33.6 Å². The second kappa shape index (κ2) is 6.71. The number of rotatable bonds is 3. The number of piperidine rings is 1. The average molecular weight is 371 g/mol. The van der Waals surface area contributed by atoms with Crippen molar-refractivity contribution in [3.63, 3.8) is 0 Å². The van der Waals surface area contributed by atoms with Crippen LogP contribution < -0.4 is 5.73 Å². The van der Waals surface area contributed by atoms with E-state index in [1.807, 2.05) is 36.1 Å². The second-order valence-corrected chi connectivity index (χ2v) is 8.69. The van der Waals surface area contributed by atoms with Crippen LogP contribution in [0.15, 0.2) is 33.6 Å². The quantitative estimate of drug-likeness (QED) is 0.827. The number of carbonyl (C=O) groups excluding carboxylic acids is 1. The molecule has 0 aliphatic carbocycles. The monoisotopic (exact) mass is 370 g/mol. The molecule has 3 nitrogen and oxygen atoms in total. The number of carbonyl (C=O) groups is 1. The summed E-state index contributed by atoms with van der Waals surface area (Å²) in [6.07, 6.45) is 0.883. The molecule has 1 aliphatic rings. The van der Waals surface area contributed by atoms with Gasteiger partial charge in [0, 0.05) is 28.5 Å². The molecule has 0 radical (unpaired) electrons. The molecule has 1 heterocycles. The molecule has 2 N–H and O–H groups in total. The summed E-state index contributed by atoms with van der Waals surface area (Å²) in [5.74, 6) is 0.211. The van der Waals surface area contributed by atoms with Gasteiger partial charge in [-0.1, -0.05) is 29.8 Å². The fourth-order valence-corrected chi connectivity index (χ4v) is 3.80. The van der Waals surface area contributed by atoms with E-state index >= 15 is 0 Å². The minimum Gasteiger partial charge on any atom is -0.341 e. The van der Waals surface area contributed by atoms with Gasteiger partial charge in [0.15, 0.2) is 0 Å². The first-order chi connectivity index (χ1) is 9.79. The molecule has 0 saturated carbocycles. The largest absolute Gasteiger partial charge is 0.341 e. The lowest BCUT2D eigenvalue weighted by molar-refractivity contribution is -0.133. The number of halogens is 1. The Balaban J connectivity index is 1.98. The first-order valence-corrected chi connectivity index (χ1v) is 8.93. The summed E-state index contributed by atoms with van der Waals surface area (Å²) in [5.41, 5.74) is 6.14. The molecule has 2 unspecified atom stereocenters. The van der Waals surface area contributed by atoms with Gasteiger partial charge in [-0.3, -0.25) is 4.79 Å². The highest BCUT2D eigenvalue weighted by Gasteiger charge is 2.36. The van der Waals surface area contributed by atoms with Crippen LogP contribution in [0.25, 0.3) is 0 Å². The topological polar surface area (TPSA) is 46.3 Å². The zero-order valence-corrected chi connectivity index (χ0v) is 15.2. The predicted octanol–water partition coefficient (Wildman–Crippen LogP) is 3.52. The minimum absolute atomic E-state index is 0.00406. The molecule has 21 heavy (non-hydrogen) atoms. The molecule has 0 aromatic heterocycles. The van der Waals surface area contributed by atoms with Crippen molar-refractivity contribution in [1.29, 1.82) is 0 Å². The number of thioether (sulfide) groups is 1. The zero-order valence-electron chi connectivity index (χ0n) is 12.8. The summed E-state index contributed by atoms with van der Waals surface area (Å²) in [6.45, 7) is 7.79. The van der Waals surface area contributed by atoms with Crippen LogP contribution in [0.5, 0.6) is 0 Å². The Morgan fingerprint density at radius 2 is 2.05 bits per heavy atom. The molecule has 2 rings (SSSR count). The Labute approximate surface area is 139 Å². The summed E-state index contributed by atoms with van der Waals surface area (Å²) in [5, 5.41) is -0.0729. The maximum atomic E-state index is 12.6. The summed E-state index contributed by atoms with van der Waals surface area (Å²) < 4.78 is 1.05. The third-order valence-electron chi connectivity index (χ3n) is 4.10. The van der Waals surface area contributed by atoms with Gasteiger partial charge in [0.05, 0.1) is 5.25 Å². The summed E-state index contributed by atoms with van der Waals surface area (Å²) >= 11 is 5.04. The van der Waals surface area contributed by atoms with Gasteiger partial charge in [0.25, 0.3) is 0 Å². The molecular formula is C16H23BrN2OS. The number of hydrogen-bond donors (Lipinski definition) is 1. The molecule has 5 heteroatoms. The van der Waals surface area contributed by atoms with Crippen LogP contribution in [0.3, 0.4) is 0 Å². The third-order valence-corrected chi connectivity index (χ3v) is 5.73. The van der Waals surface area contributed by atoms with E-state index in [4.69, 9.17) is 5.73 Å². The Kier molecular flexibility index (Phi) is 5.38. The maximum Gasteiger partial charge on any atom is 0.235 e. The average Bonchev–Trinajstić information content (AvgIpc) is 2.43. The SMILES string of the molecule is CC(Sc1ccc(Br)cc1)C(=O)N1CCC(N)C(C)(C)C1. The second-order valence-electron chi connectivity index (χ2n) is 6.36. The van der Waals surface area contributed by atoms with Crippen LogP contribution in [0.2, 0.25) is 0 Å². The van der Waals surface area contributed by atoms with Crippen LogP contribution in [0.1, 0.15) is 27.2 Å². The highest BCUT2D eigenvalue weighted by atomic mass is 79.9. The highest BCUT2D eigenvalue weighted by molar-refractivity contribution is 9.10. The van der Waals surface area contributed by atoms with E-state index in [0.29, 0.717) is 0 Å².